The maximum absolute atomic E-state index is 3.49. The summed E-state index contributed by atoms with van der Waals surface area (Å²) in [7, 11) is 0. The molecule has 42 valence electrons. The van der Waals surface area contributed by atoms with Crippen LogP contribution in [0.1, 0.15) is 6.92 Å². The van der Waals surface area contributed by atoms with Crippen LogP contribution < -0.4 is 5.43 Å². The first-order valence-electron chi connectivity index (χ1n) is 2.05. The second-order valence-electron chi connectivity index (χ2n) is 1.17. The molecule has 1 atom stereocenters. The van der Waals surface area contributed by atoms with E-state index in [-0.39, 0.29) is 0 Å². The Labute approximate surface area is 48.4 Å². The van der Waals surface area contributed by atoms with Gasteiger partial charge in [-0.1, -0.05) is 0 Å². The zero-order valence-electron chi connectivity index (χ0n) is 4.64. The predicted octanol–water partition coefficient (Wildman–Crippen LogP) is 0.901. The van der Waals surface area contributed by atoms with Gasteiger partial charge in [0.2, 0.25) is 0 Å². The molecule has 0 aromatic rings. The van der Waals surface area contributed by atoms with Crippen molar-refractivity contribution in [2.24, 2.45) is 5.10 Å². The normalized spacial score (nSPS) is 12.9. The summed E-state index contributed by atoms with van der Waals surface area (Å²) < 4.78 is 0. The Kier molecular flexibility index (Phi) is 3.89. The quantitative estimate of drug-likeness (QED) is 0.338. The Morgan fingerprint density at radius 3 is 2.57 bits per heavy atom. The Morgan fingerprint density at radius 2 is 2.43 bits per heavy atom. The largest absolute Gasteiger partial charge is 0.298 e. The van der Waals surface area contributed by atoms with Crippen molar-refractivity contribution in [3.8, 4) is 0 Å². The van der Waals surface area contributed by atoms with Gasteiger partial charge in [-0.25, -0.2) is 0 Å². The fourth-order valence-corrected chi connectivity index (χ4v) is 0.361. The van der Waals surface area contributed by atoms with Crippen molar-refractivity contribution in [2.75, 3.05) is 6.26 Å². The Bertz CT molecular complexity index is 55.7. The fraction of sp³-hybridized carbons (Fsp3) is 0.750. The monoisotopic (exact) mass is 118 g/mol. The van der Waals surface area contributed by atoms with Gasteiger partial charge < -0.3 is 0 Å². The van der Waals surface area contributed by atoms with Crippen LogP contribution >= 0.6 is 11.8 Å². The van der Waals surface area contributed by atoms with Crippen LogP contribution in [0.3, 0.4) is 0 Å². The Balaban J connectivity index is 2.98. The zero-order chi connectivity index (χ0) is 5.70. The van der Waals surface area contributed by atoms with Gasteiger partial charge in [0, 0.05) is 6.72 Å². The zero-order valence-corrected chi connectivity index (χ0v) is 5.46. The molecule has 0 aliphatic rings. The molecule has 0 aromatic carbocycles. The third kappa shape index (κ3) is 3.66. The van der Waals surface area contributed by atoms with Crippen molar-refractivity contribution in [3.05, 3.63) is 0 Å². The number of hydrazone groups is 1. The van der Waals surface area contributed by atoms with Crippen molar-refractivity contribution in [2.45, 2.75) is 12.3 Å². The smallest absolute Gasteiger partial charge is 0.0860 e. The molecule has 0 radical (unpaired) electrons. The maximum atomic E-state index is 3.49. The van der Waals surface area contributed by atoms with Gasteiger partial charge in [0.15, 0.2) is 0 Å². The van der Waals surface area contributed by atoms with E-state index in [9.17, 15) is 0 Å². The van der Waals surface area contributed by atoms with E-state index >= 15 is 0 Å². The van der Waals surface area contributed by atoms with Crippen LogP contribution in [0.4, 0.5) is 0 Å². The molecule has 0 aliphatic heterocycles. The van der Waals surface area contributed by atoms with E-state index in [0.29, 0.717) is 5.37 Å². The maximum Gasteiger partial charge on any atom is 0.0860 e. The van der Waals surface area contributed by atoms with Gasteiger partial charge in [0.05, 0.1) is 5.37 Å². The number of nitrogens with zero attached hydrogens (tertiary/aromatic N) is 1. The molecular weight excluding hydrogens is 108 g/mol. The van der Waals surface area contributed by atoms with Gasteiger partial charge in [-0.05, 0) is 13.2 Å². The average molecular weight is 118 g/mol. The van der Waals surface area contributed by atoms with E-state index in [1.807, 2.05) is 13.2 Å². The first-order chi connectivity index (χ1) is 3.31. The molecule has 0 fully saturated rings. The lowest BCUT2D eigenvalue weighted by molar-refractivity contribution is 0.744. The number of thioether (sulfide) groups is 1. The SMILES string of the molecule is C=NNC(C)SC. The van der Waals surface area contributed by atoms with E-state index in [4.69, 9.17) is 0 Å². The van der Waals surface area contributed by atoms with Crippen molar-refractivity contribution in [1.29, 1.82) is 0 Å². The van der Waals surface area contributed by atoms with E-state index in [1.165, 1.54) is 0 Å². The lowest BCUT2D eigenvalue weighted by Crippen LogP contribution is -2.14. The lowest BCUT2D eigenvalue weighted by atomic mass is 10.8. The highest BCUT2D eigenvalue weighted by molar-refractivity contribution is 7.99. The molecule has 0 heterocycles. The fourth-order valence-electron chi connectivity index (χ4n) is 0.181. The highest BCUT2D eigenvalue weighted by atomic mass is 32.2. The summed E-state index contributed by atoms with van der Waals surface area (Å²) in [4.78, 5) is 0. The minimum Gasteiger partial charge on any atom is -0.298 e. The average Bonchev–Trinajstić information content (AvgIpc) is 1.68. The van der Waals surface area contributed by atoms with E-state index in [0.717, 1.165) is 0 Å². The molecule has 0 rings (SSSR count). The Morgan fingerprint density at radius 1 is 1.86 bits per heavy atom. The molecule has 1 N–H and O–H groups in total. The molecule has 3 heteroatoms. The van der Waals surface area contributed by atoms with Crippen LogP contribution in [0, 0.1) is 0 Å². The summed E-state index contributed by atoms with van der Waals surface area (Å²) in [6.45, 7) is 5.30. The lowest BCUT2D eigenvalue weighted by Gasteiger charge is -2.03. The van der Waals surface area contributed by atoms with Crippen LogP contribution in [-0.2, 0) is 0 Å². The van der Waals surface area contributed by atoms with Gasteiger partial charge in [-0.3, -0.25) is 5.43 Å². The summed E-state index contributed by atoms with van der Waals surface area (Å²) >= 11 is 1.70. The van der Waals surface area contributed by atoms with Crippen molar-refractivity contribution < 1.29 is 0 Å². The molecule has 1 unspecified atom stereocenters. The molecular formula is C4H10N2S. The first-order valence-corrected chi connectivity index (χ1v) is 3.34. The molecule has 0 spiro atoms. The minimum absolute atomic E-state index is 0.387. The third-order valence-corrected chi connectivity index (χ3v) is 1.44. The topological polar surface area (TPSA) is 24.4 Å². The molecule has 0 aromatic heterocycles. The predicted molar refractivity (Wildman–Crippen MR) is 35.7 cm³/mol. The van der Waals surface area contributed by atoms with Gasteiger partial charge in [-0.2, -0.15) is 5.10 Å². The van der Waals surface area contributed by atoms with E-state index in [2.05, 4.69) is 17.2 Å². The van der Waals surface area contributed by atoms with Crippen LogP contribution in [0.15, 0.2) is 5.10 Å². The van der Waals surface area contributed by atoms with Crippen molar-refractivity contribution in [1.82, 2.24) is 5.43 Å². The van der Waals surface area contributed by atoms with Crippen LogP contribution in [0.5, 0.6) is 0 Å². The number of hydrogen-bond donors (Lipinski definition) is 1. The second-order valence-corrected chi connectivity index (χ2v) is 2.34. The van der Waals surface area contributed by atoms with Gasteiger partial charge >= 0.3 is 0 Å². The van der Waals surface area contributed by atoms with Crippen molar-refractivity contribution >= 4 is 18.5 Å². The second kappa shape index (κ2) is 3.99. The minimum atomic E-state index is 0.387. The number of hydrogen-bond acceptors (Lipinski definition) is 3. The van der Waals surface area contributed by atoms with E-state index < -0.39 is 0 Å². The summed E-state index contributed by atoms with van der Waals surface area (Å²) in [5.41, 5.74) is 2.77. The van der Waals surface area contributed by atoms with Gasteiger partial charge in [-0.15, -0.1) is 11.8 Å². The van der Waals surface area contributed by atoms with Crippen LogP contribution in [0.2, 0.25) is 0 Å². The Hall–Kier alpha value is -0.180. The number of rotatable bonds is 3. The summed E-state index contributed by atoms with van der Waals surface area (Å²) in [5.74, 6) is 0. The molecule has 0 saturated heterocycles. The molecule has 0 bridgehead atoms. The number of nitrogens with one attached hydrogen (secondary N) is 1. The highest BCUT2D eigenvalue weighted by Crippen LogP contribution is 1.98. The first kappa shape index (κ1) is 6.82. The summed E-state index contributed by atoms with van der Waals surface area (Å²) in [5, 5.41) is 3.87. The van der Waals surface area contributed by atoms with Gasteiger partial charge in [0.25, 0.3) is 0 Å². The third-order valence-electron chi connectivity index (χ3n) is 0.627. The molecule has 0 amide bonds. The summed E-state index contributed by atoms with van der Waals surface area (Å²) in [6, 6.07) is 0. The highest BCUT2D eigenvalue weighted by Gasteiger charge is 1.89. The standard InChI is InChI=1S/C4H10N2S/c1-4(7-3)6-5-2/h4,6H,2H2,1,3H3. The molecule has 2 nitrogen and oxygen atoms in total. The molecule has 0 saturated carbocycles. The van der Waals surface area contributed by atoms with Gasteiger partial charge in [0.1, 0.15) is 0 Å². The molecule has 7 heavy (non-hydrogen) atoms. The summed E-state index contributed by atoms with van der Waals surface area (Å²) in [6.07, 6.45) is 2.02. The van der Waals surface area contributed by atoms with E-state index in [1.54, 1.807) is 11.8 Å². The van der Waals surface area contributed by atoms with Crippen LogP contribution in [-0.4, -0.2) is 18.3 Å². The van der Waals surface area contributed by atoms with Crippen LogP contribution in [0.25, 0.3) is 0 Å². The van der Waals surface area contributed by atoms with Crippen molar-refractivity contribution in [3.63, 3.8) is 0 Å². The molecule has 0 aliphatic carbocycles.